The lowest BCUT2D eigenvalue weighted by atomic mass is 10.1. The van der Waals surface area contributed by atoms with Crippen molar-refractivity contribution in [2.24, 2.45) is 0 Å². The number of nitrogens with zero attached hydrogens (tertiary/aromatic N) is 2. The maximum Gasteiger partial charge on any atom is 0.133 e. The number of pyridine rings is 1. The summed E-state index contributed by atoms with van der Waals surface area (Å²) in [5.41, 5.74) is 1.23. The quantitative estimate of drug-likeness (QED) is 0.766. The van der Waals surface area contributed by atoms with Crippen LogP contribution in [-0.4, -0.2) is 24.6 Å². The lowest BCUT2D eigenvalue weighted by molar-refractivity contribution is 0.634. The molecule has 1 aromatic heterocycles. The van der Waals surface area contributed by atoms with Gasteiger partial charge in [-0.05, 0) is 33.9 Å². The molecular formula is C14H23N3. The van der Waals surface area contributed by atoms with Crippen molar-refractivity contribution < 1.29 is 0 Å². The van der Waals surface area contributed by atoms with Crippen molar-refractivity contribution in [3.63, 3.8) is 0 Å². The molecule has 0 saturated heterocycles. The van der Waals surface area contributed by atoms with Crippen LogP contribution in [0.1, 0.15) is 32.4 Å². The van der Waals surface area contributed by atoms with E-state index in [0.717, 1.165) is 12.4 Å². The molecule has 0 aliphatic carbocycles. The molecule has 0 aliphatic rings. The Balaban J connectivity index is 3.13. The molecule has 0 fully saturated rings. The molecule has 1 heterocycles. The van der Waals surface area contributed by atoms with E-state index in [2.05, 4.69) is 48.6 Å². The van der Waals surface area contributed by atoms with E-state index in [0.29, 0.717) is 12.1 Å². The van der Waals surface area contributed by atoms with Crippen molar-refractivity contribution in [1.29, 1.82) is 0 Å². The second kappa shape index (κ2) is 6.40. The maximum atomic E-state index is 4.53. The highest BCUT2D eigenvalue weighted by molar-refractivity contribution is 5.49. The SMILES string of the molecule is C=CCN(c1ncccc1C(C)NC)C(C)C. The summed E-state index contributed by atoms with van der Waals surface area (Å²) in [4.78, 5) is 6.79. The molecule has 0 radical (unpaired) electrons. The topological polar surface area (TPSA) is 28.2 Å². The molecule has 0 saturated carbocycles. The van der Waals surface area contributed by atoms with Crippen LogP contribution in [0.2, 0.25) is 0 Å². The highest BCUT2D eigenvalue weighted by atomic mass is 15.2. The summed E-state index contributed by atoms with van der Waals surface area (Å²) in [6.45, 7) is 11.1. The van der Waals surface area contributed by atoms with Crippen LogP contribution >= 0.6 is 0 Å². The van der Waals surface area contributed by atoms with E-state index < -0.39 is 0 Å². The molecule has 0 aliphatic heterocycles. The van der Waals surface area contributed by atoms with Gasteiger partial charge in [-0.3, -0.25) is 0 Å². The number of hydrogen-bond acceptors (Lipinski definition) is 3. The van der Waals surface area contributed by atoms with Gasteiger partial charge < -0.3 is 10.2 Å². The third-order valence-electron chi connectivity index (χ3n) is 2.94. The Morgan fingerprint density at radius 2 is 2.18 bits per heavy atom. The zero-order chi connectivity index (χ0) is 12.8. The van der Waals surface area contributed by atoms with Crippen molar-refractivity contribution in [3.05, 3.63) is 36.5 Å². The number of hydrogen-bond donors (Lipinski definition) is 1. The largest absolute Gasteiger partial charge is 0.350 e. The zero-order valence-corrected chi connectivity index (χ0v) is 11.3. The molecule has 0 aromatic carbocycles. The Labute approximate surface area is 105 Å². The van der Waals surface area contributed by atoms with Crippen LogP contribution in [-0.2, 0) is 0 Å². The van der Waals surface area contributed by atoms with Crippen LogP contribution in [0.5, 0.6) is 0 Å². The Hall–Kier alpha value is -1.35. The summed E-state index contributed by atoms with van der Waals surface area (Å²) < 4.78 is 0. The first-order valence-corrected chi connectivity index (χ1v) is 6.11. The standard InChI is InChI=1S/C14H23N3/c1-6-10-17(11(2)3)14-13(12(4)15-5)8-7-9-16-14/h6-9,11-12,15H,1,10H2,2-5H3. The van der Waals surface area contributed by atoms with Gasteiger partial charge in [0.1, 0.15) is 5.82 Å². The second-order valence-electron chi connectivity index (χ2n) is 4.46. The molecule has 0 amide bonds. The summed E-state index contributed by atoms with van der Waals surface area (Å²) in [5, 5.41) is 3.27. The minimum absolute atomic E-state index is 0.296. The van der Waals surface area contributed by atoms with E-state index in [4.69, 9.17) is 0 Å². The minimum atomic E-state index is 0.296. The van der Waals surface area contributed by atoms with Crippen molar-refractivity contribution in [3.8, 4) is 0 Å². The lowest BCUT2D eigenvalue weighted by Gasteiger charge is -2.29. The van der Waals surface area contributed by atoms with E-state index in [-0.39, 0.29) is 0 Å². The average molecular weight is 233 g/mol. The van der Waals surface area contributed by atoms with Crippen molar-refractivity contribution in [2.75, 3.05) is 18.5 Å². The summed E-state index contributed by atoms with van der Waals surface area (Å²) in [6, 6.07) is 4.82. The number of anilines is 1. The summed E-state index contributed by atoms with van der Waals surface area (Å²) in [5.74, 6) is 1.05. The molecule has 1 N–H and O–H groups in total. The third kappa shape index (κ3) is 3.30. The van der Waals surface area contributed by atoms with Gasteiger partial charge in [-0.25, -0.2) is 4.98 Å². The third-order valence-corrected chi connectivity index (χ3v) is 2.94. The highest BCUT2D eigenvalue weighted by Gasteiger charge is 2.17. The average Bonchev–Trinajstić information content (AvgIpc) is 2.34. The highest BCUT2D eigenvalue weighted by Crippen LogP contribution is 2.24. The summed E-state index contributed by atoms with van der Waals surface area (Å²) in [6.07, 6.45) is 3.77. The molecule has 3 heteroatoms. The van der Waals surface area contributed by atoms with Crippen molar-refractivity contribution in [1.82, 2.24) is 10.3 Å². The monoisotopic (exact) mass is 233 g/mol. The lowest BCUT2D eigenvalue weighted by Crippen LogP contribution is -2.33. The van der Waals surface area contributed by atoms with Crippen LogP contribution in [0.4, 0.5) is 5.82 Å². The van der Waals surface area contributed by atoms with Crippen LogP contribution < -0.4 is 10.2 Å². The predicted octanol–water partition coefficient (Wildman–Crippen LogP) is 2.76. The van der Waals surface area contributed by atoms with Crippen LogP contribution in [0.15, 0.2) is 31.0 Å². The molecule has 94 valence electrons. The van der Waals surface area contributed by atoms with Gasteiger partial charge in [-0.1, -0.05) is 12.1 Å². The van der Waals surface area contributed by atoms with Crippen LogP contribution in [0, 0.1) is 0 Å². The van der Waals surface area contributed by atoms with E-state index in [1.165, 1.54) is 5.56 Å². The first-order valence-electron chi connectivity index (χ1n) is 6.11. The first kappa shape index (κ1) is 13.7. The summed E-state index contributed by atoms with van der Waals surface area (Å²) >= 11 is 0. The molecule has 1 rings (SSSR count). The van der Waals surface area contributed by atoms with Gasteiger partial charge in [0, 0.05) is 30.4 Å². The molecule has 1 unspecified atom stereocenters. The molecule has 0 bridgehead atoms. The Kier molecular flexibility index (Phi) is 5.16. The van der Waals surface area contributed by atoms with Gasteiger partial charge in [0.15, 0.2) is 0 Å². The normalized spacial score (nSPS) is 12.5. The first-order chi connectivity index (χ1) is 8.11. The van der Waals surface area contributed by atoms with Crippen LogP contribution in [0.3, 0.4) is 0 Å². The van der Waals surface area contributed by atoms with Crippen molar-refractivity contribution in [2.45, 2.75) is 32.9 Å². The molecule has 1 aromatic rings. The van der Waals surface area contributed by atoms with Gasteiger partial charge in [0.05, 0.1) is 0 Å². The van der Waals surface area contributed by atoms with E-state index in [9.17, 15) is 0 Å². The Bertz CT molecular complexity index is 360. The Morgan fingerprint density at radius 3 is 2.71 bits per heavy atom. The van der Waals surface area contributed by atoms with E-state index >= 15 is 0 Å². The fourth-order valence-electron chi connectivity index (χ4n) is 1.82. The minimum Gasteiger partial charge on any atom is -0.350 e. The Morgan fingerprint density at radius 1 is 1.47 bits per heavy atom. The van der Waals surface area contributed by atoms with Gasteiger partial charge in [-0.2, -0.15) is 0 Å². The molecule has 3 nitrogen and oxygen atoms in total. The fraction of sp³-hybridized carbons (Fsp3) is 0.500. The van der Waals surface area contributed by atoms with E-state index in [1.807, 2.05) is 25.4 Å². The predicted molar refractivity (Wildman–Crippen MR) is 74.4 cm³/mol. The molecule has 1 atom stereocenters. The molecular weight excluding hydrogens is 210 g/mol. The van der Waals surface area contributed by atoms with Gasteiger partial charge in [0.25, 0.3) is 0 Å². The maximum absolute atomic E-state index is 4.53. The second-order valence-corrected chi connectivity index (χ2v) is 4.46. The van der Waals surface area contributed by atoms with Gasteiger partial charge in [-0.15, -0.1) is 6.58 Å². The zero-order valence-electron chi connectivity index (χ0n) is 11.3. The molecule has 0 spiro atoms. The fourth-order valence-corrected chi connectivity index (χ4v) is 1.82. The van der Waals surface area contributed by atoms with Gasteiger partial charge in [0.2, 0.25) is 0 Å². The number of nitrogens with one attached hydrogen (secondary N) is 1. The van der Waals surface area contributed by atoms with Gasteiger partial charge >= 0.3 is 0 Å². The van der Waals surface area contributed by atoms with Crippen LogP contribution in [0.25, 0.3) is 0 Å². The number of rotatable bonds is 6. The molecule has 17 heavy (non-hydrogen) atoms. The van der Waals surface area contributed by atoms with E-state index in [1.54, 1.807) is 0 Å². The van der Waals surface area contributed by atoms with Crippen molar-refractivity contribution >= 4 is 5.82 Å². The smallest absolute Gasteiger partial charge is 0.133 e. The number of aromatic nitrogens is 1. The summed E-state index contributed by atoms with van der Waals surface area (Å²) in [7, 11) is 1.97.